The summed E-state index contributed by atoms with van der Waals surface area (Å²) in [5.74, 6) is 0.481. The normalized spacial score (nSPS) is 15.1. The van der Waals surface area contributed by atoms with Crippen molar-refractivity contribution in [3.8, 4) is 10.7 Å². The Hall–Kier alpha value is -1.92. The summed E-state index contributed by atoms with van der Waals surface area (Å²) in [7, 11) is 0. The third-order valence-corrected chi connectivity index (χ3v) is 6.07. The number of amides is 1. The van der Waals surface area contributed by atoms with Gasteiger partial charge in [0.25, 0.3) is 0 Å². The van der Waals surface area contributed by atoms with Crippen LogP contribution in [0, 0.1) is 4.77 Å². The van der Waals surface area contributed by atoms with E-state index >= 15 is 0 Å². The first-order valence-corrected chi connectivity index (χ1v) is 10.6. The first-order chi connectivity index (χ1) is 13.2. The molecule has 3 aromatic rings. The van der Waals surface area contributed by atoms with E-state index in [0.29, 0.717) is 15.7 Å². The lowest BCUT2D eigenvalue weighted by Crippen LogP contribution is -2.35. The molecule has 1 aliphatic rings. The molecule has 4 heterocycles. The number of aromatic amines is 1. The van der Waals surface area contributed by atoms with Crippen LogP contribution < -0.4 is 5.32 Å². The number of morpholine rings is 1. The average molecular weight is 423 g/mol. The zero-order chi connectivity index (χ0) is 18.6. The molecular weight excluding hydrogens is 404 g/mol. The van der Waals surface area contributed by atoms with Crippen LogP contribution in [-0.2, 0) is 22.6 Å². The smallest absolute Gasteiger partial charge is 0.246 e. The number of ether oxygens (including phenoxy) is 1. The first-order valence-electron chi connectivity index (χ1n) is 8.42. The maximum atomic E-state index is 12.5. The predicted octanol–water partition coefficient (Wildman–Crippen LogP) is 2.60. The van der Waals surface area contributed by atoms with E-state index < -0.39 is 0 Å². The lowest BCUT2D eigenvalue weighted by atomic mass is 10.4. The third kappa shape index (κ3) is 4.50. The molecule has 1 aliphatic heterocycles. The van der Waals surface area contributed by atoms with E-state index in [1.54, 1.807) is 15.9 Å². The minimum atomic E-state index is -0.183. The third-order valence-electron chi connectivity index (χ3n) is 4.09. The summed E-state index contributed by atoms with van der Waals surface area (Å²) < 4.78 is 7.47. The highest BCUT2D eigenvalue weighted by Crippen LogP contribution is 2.23. The van der Waals surface area contributed by atoms with Gasteiger partial charge in [0, 0.05) is 25.0 Å². The van der Waals surface area contributed by atoms with E-state index in [0.717, 1.165) is 43.4 Å². The van der Waals surface area contributed by atoms with E-state index in [-0.39, 0.29) is 12.5 Å². The second-order valence-corrected chi connectivity index (χ2v) is 8.19. The molecule has 11 heteroatoms. The van der Waals surface area contributed by atoms with Gasteiger partial charge in [0.1, 0.15) is 6.54 Å². The molecule has 0 aliphatic carbocycles. The van der Waals surface area contributed by atoms with Crippen LogP contribution in [0.3, 0.4) is 0 Å². The highest BCUT2D eigenvalue weighted by molar-refractivity contribution is 7.71. The molecule has 0 unspecified atom stereocenters. The Morgan fingerprint density at radius 3 is 3.00 bits per heavy atom. The van der Waals surface area contributed by atoms with E-state index in [9.17, 15) is 4.79 Å². The van der Waals surface area contributed by atoms with Gasteiger partial charge in [-0.3, -0.25) is 19.4 Å². The van der Waals surface area contributed by atoms with Crippen molar-refractivity contribution in [1.82, 2.24) is 24.6 Å². The largest absolute Gasteiger partial charge is 0.379 e. The highest BCUT2D eigenvalue weighted by atomic mass is 32.1. The Labute approximate surface area is 168 Å². The fourth-order valence-corrected chi connectivity index (χ4v) is 4.42. The number of H-pyrrole nitrogens is 1. The maximum Gasteiger partial charge on any atom is 0.246 e. The molecule has 0 saturated carbocycles. The predicted molar refractivity (Wildman–Crippen MR) is 108 cm³/mol. The zero-order valence-electron chi connectivity index (χ0n) is 14.4. The molecule has 27 heavy (non-hydrogen) atoms. The van der Waals surface area contributed by atoms with Crippen molar-refractivity contribution in [3.05, 3.63) is 33.4 Å². The van der Waals surface area contributed by atoms with Crippen molar-refractivity contribution < 1.29 is 9.53 Å². The van der Waals surface area contributed by atoms with Gasteiger partial charge in [-0.15, -0.1) is 22.7 Å². The number of rotatable bonds is 6. The van der Waals surface area contributed by atoms with E-state index in [1.807, 2.05) is 22.9 Å². The number of thiazole rings is 1. The number of thiophene rings is 1. The molecule has 2 N–H and O–H groups in total. The van der Waals surface area contributed by atoms with Gasteiger partial charge < -0.3 is 10.1 Å². The van der Waals surface area contributed by atoms with Gasteiger partial charge in [-0.25, -0.2) is 4.98 Å². The molecular formula is C16H18N6O2S3. The summed E-state index contributed by atoms with van der Waals surface area (Å²) in [6.45, 7) is 4.18. The van der Waals surface area contributed by atoms with Crippen LogP contribution in [-0.4, -0.2) is 56.9 Å². The Morgan fingerprint density at radius 2 is 2.22 bits per heavy atom. The number of carbonyl (C=O) groups excluding carboxylic acids is 1. The van der Waals surface area contributed by atoms with Crippen LogP contribution in [0.5, 0.6) is 0 Å². The number of nitrogens with zero attached hydrogens (tertiary/aromatic N) is 4. The molecule has 3 aromatic heterocycles. The molecule has 0 aromatic carbocycles. The molecule has 1 amide bonds. The Bertz CT molecular complexity index is 955. The monoisotopic (exact) mass is 422 g/mol. The number of anilines is 1. The SMILES string of the molecule is O=C(Cn1c(-c2cccs2)n[nH]c1=S)Nc1nc(CN2CCOCC2)cs1. The maximum absolute atomic E-state index is 12.5. The highest BCUT2D eigenvalue weighted by Gasteiger charge is 2.16. The summed E-state index contributed by atoms with van der Waals surface area (Å²) >= 11 is 8.24. The van der Waals surface area contributed by atoms with Crippen molar-refractivity contribution in [2.45, 2.75) is 13.1 Å². The molecule has 0 atom stereocenters. The van der Waals surface area contributed by atoms with E-state index in [1.165, 1.54) is 11.3 Å². The average Bonchev–Trinajstić information content (AvgIpc) is 3.40. The fourth-order valence-electron chi connectivity index (χ4n) is 2.79. The Kier molecular flexibility index (Phi) is 5.74. The standard InChI is InChI=1S/C16H18N6O2S3/c23-13(9-22-14(19-20-16(22)25)12-2-1-7-26-12)18-15-17-11(10-27-15)8-21-3-5-24-6-4-21/h1-2,7,10H,3-6,8-9H2,(H,20,25)(H,17,18,23). The van der Waals surface area contributed by atoms with Crippen LogP contribution >= 0.6 is 34.9 Å². The number of carbonyl (C=O) groups is 1. The van der Waals surface area contributed by atoms with Crippen molar-refractivity contribution in [3.63, 3.8) is 0 Å². The van der Waals surface area contributed by atoms with Gasteiger partial charge in [0.2, 0.25) is 5.91 Å². The summed E-state index contributed by atoms with van der Waals surface area (Å²) in [4.78, 5) is 20.2. The molecule has 8 nitrogen and oxygen atoms in total. The van der Waals surface area contributed by atoms with Crippen molar-refractivity contribution in [1.29, 1.82) is 0 Å². The van der Waals surface area contributed by atoms with Gasteiger partial charge in [-0.1, -0.05) is 6.07 Å². The van der Waals surface area contributed by atoms with Crippen molar-refractivity contribution >= 4 is 45.9 Å². The topological polar surface area (TPSA) is 88.1 Å². The summed E-state index contributed by atoms with van der Waals surface area (Å²) in [6, 6.07) is 3.89. The molecule has 0 radical (unpaired) electrons. The van der Waals surface area contributed by atoms with Gasteiger partial charge in [-0.05, 0) is 23.7 Å². The molecule has 142 valence electrons. The summed E-state index contributed by atoms with van der Waals surface area (Å²) in [5, 5.41) is 14.4. The second kappa shape index (κ2) is 8.40. The van der Waals surface area contributed by atoms with Crippen molar-refractivity contribution in [2.75, 3.05) is 31.6 Å². The van der Waals surface area contributed by atoms with Gasteiger partial charge in [-0.2, -0.15) is 5.10 Å². The van der Waals surface area contributed by atoms with Crippen LogP contribution in [0.2, 0.25) is 0 Å². The molecule has 1 fully saturated rings. The minimum absolute atomic E-state index is 0.0843. The molecule has 4 rings (SSSR count). The quantitative estimate of drug-likeness (QED) is 0.594. The van der Waals surface area contributed by atoms with E-state index in [2.05, 4.69) is 25.4 Å². The van der Waals surface area contributed by atoms with Crippen LogP contribution in [0.15, 0.2) is 22.9 Å². The number of hydrogen-bond acceptors (Lipinski definition) is 8. The Balaban J connectivity index is 1.39. The summed E-state index contributed by atoms with van der Waals surface area (Å²) in [6.07, 6.45) is 0. The molecule has 0 spiro atoms. The van der Waals surface area contributed by atoms with Crippen LogP contribution in [0.25, 0.3) is 10.7 Å². The number of nitrogens with one attached hydrogen (secondary N) is 2. The second-order valence-electron chi connectivity index (χ2n) is 6.00. The minimum Gasteiger partial charge on any atom is -0.379 e. The van der Waals surface area contributed by atoms with Gasteiger partial charge in [0.05, 0.1) is 23.8 Å². The number of hydrogen-bond donors (Lipinski definition) is 2. The van der Waals surface area contributed by atoms with E-state index in [4.69, 9.17) is 17.0 Å². The first kappa shape index (κ1) is 18.4. The summed E-state index contributed by atoms with van der Waals surface area (Å²) in [5.41, 5.74) is 0.955. The lowest BCUT2D eigenvalue weighted by Gasteiger charge is -2.25. The van der Waals surface area contributed by atoms with Crippen LogP contribution in [0.4, 0.5) is 5.13 Å². The molecule has 0 bridgehead atoms. The lowest BCUT2D eigenvalue weighted by molar-refractivity contribution is -0.116. The van der Waals surface area contributed by atoms with Crippen LogP contribution in [0.1, 0.15) is 5.69 Å². The van der Waals surface area contributed by atoms with Crippen molar-refractivity contribution in [2.24, 2.45) is 0 Å². The Morgan fingerprint density at radius 1 is 1.37 bits per heavy atom. The fraction of sp³-hybridized carbons (Fsp3) is 0.375. The van der Waals surface area contributed by atoms with Gasteiger partial charge >= 0.3 is 0 Å². The zero-order valence-corrected chi connectivity index (χ0v) is 16.8. The number of aromatic nitrogens is 4. The molecule has 1 saturated heterocycles. The van der Waals surface area contributed by atoms with Gasteiger partial charge in [0.15, 0.2) is 15.7 Å².